The van der Waals surface area contributed by atoms with Gasteiger partial charge in [0.15, 0.2) is 12.4 Å². The first-order valence-electron chi connectivity index (χ1n) is 5.41. The maximum Gasteiger partial charge on any atom is 0.227 e. The summed E-state index contributed by atoms with van der Waals surface area (Å²) in [5, 5.41) is 0. The fourth-order valence-corrected chi connectivity index (χ4v) is 1.91. The Morgan fingerprint density at radius 3 is 2.59 bits per heavy atom. The zero-order chi connectivity index (χ0) is 10.8. The summed E-state index contributed by atoms with van der Waals surface area (Å²) in [6.07, 6.45) is 8.40. The summed E-state index contributed by atoms with van der Waals surface area (Å²) in [6.45, 7) is 0.919. The lowest BCUT2D eigenvalue weighted by atomic mass is 10.2. The van der Waals surface area contributed by atoms with Crippen LogP contribution in [0.5, 0.6) is 0 Å². The van der Waals surface area contributed by atoms with Crippen molar-refractivity contribution in [2.75, 3.05) is 0 Å². The Morgan fingerprint density at radius 1 is 0.941 bits per heavy atom. The minimum atomic E-state index is 0. The van der Waals surface area contributed by atoms with E-state index in [4.69, 9.17) is 0 Å². The van der Waals surface area contributed by atoms with Gasteiger partial charge in [-0.15, -0.1) is 0 Å². The fourth-order valence-electron chi connectivity index (χ4n) is 1.91. The van der Waals surface area contributed by atoms with Crippen LogP contribution in [0.2, 0.25) is 0 Å². The Bertz CT molecular complexity index is 560. The normalized spacial score (nSPS) is 10.1. The van der Waals surface area contributed by atoms with Crippen LogP contribution in [0.3, 0.4) is 0 Å². The molecule has 0 aliphatic carbocycles. The standard InChI is InChI=1S/C14H13N2.BrH/c1-2-5-13(6-3-1)11-15-9-10-16-8-4-7-14(16)12-15;/h1-10,12H,11H2;1H/q+1;/p-1. The van der Waals surface area contributed by atoms with Crippen LogP contribution in [0.4, 0.5) is 0 Å². The maximum absolute atomic E-state index is 2.20. The van der Waals surface area contributed by atoms with Crippen LogP contribution in [-0.4, -0.2) is 4.57 Å². The van der Waals surface area contributed by atoms with Crippen LogP contribution in [0.25, 0.3) is 5.69 Å². The van der Waals surface area contributed by atoms with E-state index in [0.717, 1.165) is 6.54 Å². The lowest BCUT2D eigenvalue weighted by molar-refractivity contribution is -0.593. The molecular weight excluding hydrogens is 276 g/mol. The molecular formula is C14H13BrN2. The van der Waals surface area contributed by atoms with Gasteiger partial charge < -0.3 is 21.5 Å². The lowest BCUT2D eigenvalue weighted by Gasteiger charge is -2.05. The van der Waals surface area contributed by atoms with E-state index in [2.05, 4.69) is 70.3 Å². The SMILES string of the molecule is [Br-].c1ccc(Cn2cc[n+]3cccc-3c2)cc1. The van der Waals surface area contributed by atoms with Crippen LogP contribution in [0.15, 0.2) is 67.3 Å². The number of fused-ring (bicyclic) bond motifs is 1. The Hall–Kier alpha value is -1.61. The monoisotopic (exact) mass is 288 g/mol. The van der Waals surface area contributed by atoms with Crippen molar-refractivity contribution in [2.24, 2.45) is 0 Å². The van der Waals surface area contributed by atoms with E-state index in [1.807, 2.05) is 6.07 Å². The number of halogens is 1. The first kappa shape index (κ1) is 11.9. The molecule has 2 aliphatic rings. The van der Waals surface area contributed by atoms with E-state index in [0.29, 0.717) is 0 Å². The maximum atomic E-state index is 2.20. The van der Waals surface area contributed by atoms with Gasteiger partial charge in [0.2, 0.25) is 5.69 Å². The van der Waals surface area contributed by atoms with Crippen LogP contribution < -0.4 is 21.5 Å². The molecule has 1 aromatic carbocycles. The first-order valence-corrected chi connectivity index (χ1v) is 5.41. The number of hydrogen-bond acceptors (Lipinski definition) is 0. The second-order valence-electron chi connectivity index (χ2n) is 3.93. The van der Waals surface area contributed by atoms with Crippen LogP contribution in [0.1, 0.15) is 5.56 Å². The average molecular weight is 289 g/mol. The van der Waals surface area contributed by atoms with Crippen molar-refractivity contribution in [2.45, 2.75) is 6.54 Å². The molecule has 86 valence electrons. The van der Waals surface area contributed by atoms with E-state index >= 15 is 0 Å². The highest BCUT2D eigenvalue weighted by Crippen LogP contribution is 2.05. The molecule has 2 nitrogen and oxygen atoms in total. The quantitative estimate of drug-likeness (QED) is 0.549. The van der Waals surface area contributed by atoms with Crippen molar-refractivity contribution >= 4 is 0 Å². The molecule has 0 atom stereocenters. The van der Waals surface area contributed by atoms with Crippen molar-refractivity contribution in [3.05, 3.63) is 72.8 Å². The predicted octanol–water partition coefficient (Wildman–Crippen LogP) is -0.745. The minimum Gasteiger partial charge on any atom is -1.00 e. The molecule has 1 aromatic rings. The van der Waals surface area contributed by atoms with Gasteiger partial charge >= 0.3 is 0 Å². The van der Waals surface area contributed by atoms with E-state index < -0.39 is 0 Å². The zero-order valence-corrected chi connectivity index (χ0v) is 10.9. The molecule has 3 heteroatoms. The van der Waals surface area contributed by atoms with Gasteiger partial charge in [-0.1, -0.05) is 30.3 Å². The van der Waals surface area contributed by atoms with Crippen molar-refractivity contribution in [1.82, 2.24) is 4.57 Å². The Labute approximate surface area is 111 Å². The number of benzene rings is 1. The summed E-state index contributed by atoms with van der Waals surface area (Å²) in [7, 11) is 0. The number of aromatic nitrogens is 2. The Morgan fingerprint density at radius 2 is 1.76 bits per heavy atom. The van der Waals surface area contributed by atoms with Gasteiger partial charge in [-0.2, -0.15) is 4.57 Å². The van der Waals surface area contributed by atoms with E-state index in [1.54, 1.807) is 0 Å². The minimum absolute atomic E-state index is 0. The third-order valence-electron chi connectivity index (χ3n) is 2.74. The lowest BCUT2D eigenvalue weighted by Crippen LogP contribution is -3.00. The predicted molar refractivity (Wildman–Crippen MR) is 62.7 cm³/mol. The van der Waals surface area contributed by atoms with Gasteiger partial charge in [-0.3, -0.25) is 0 Å². The van der Waals surface area contributed by atoms with Gasteiger partial charge in [-0.05, 0) is 5.56 Å². The zero-order valence-electron chi connectivity index (χ0n) is 9.33. The molecule has 0 bridgehead atoms. The molecule has 0 unspecified atom stereocenters. The molecule has 0 N–H and O–H groups in total. The highest BCUT2D eigenvalue weighted by Gasteiger charge is 2.08. The molecule has 0 spiro atoms. The topological polar surface area (TPSA) is 8.81 Å². The molecule has 0 saturated carbocycles. The van der Waals surface area contributed by atoms with Crippen molar-refractivity contribution in [3.8, 4) is 5.69 Å². The summed E-state index contributed by atoms with van der Waals surface area (Å²) in [5.41, 5.74) is 2.54. The van der Waals surface area contributed by atoms with Crippen molar-refractivity contribution in [3.63, 3.8) is 0 Å². The van der Waals surface area contributed by atoms with Crippen molar-refractivity contribution in [1.29, 1.82) is 0 Å². The van der Waals surface area contributed by atoms with E-state index in [9.17, 15) is 0 Å². The molecule has 2 aliphatic heterocycles. The van der Waals surface area contributed by atoms with Gasteiger partial charge in [0.25, 0.3) is 0 Å². The Kier molecular flexibility index (Phi) is 3.59. The molecule has 17 heavy (non-hydrogen) atoms. The summed E-state index contributed by atoms with van der Waals surface area (Å²) in [5.74, 6) is 0. The molecule has 3 rings (SSSR count). The molecule has 2 heterocycles. The molecule has 0 radical (unpaired) electrons. The Balaban J connectivity index is 0.00000108. The third kappa shape index (κ3) is 2.56. The van der Waals surface area contributed by atoms with Gasteiger partial charge in [0, 0.05) is 18.7 Å². The summed E-state index contributed by atoms with van der Waals surface area (Å²) < 4.78 is 4.31. The van der Waals surface area contributed by atoms with E-state index in [1.165, 1.54) is 11.3 Å². The largest absolute Gasteiger partial charge is 1.00 e. The van der Waals surface area contributed by atoms with Crippen LogP contribution in [-0.2, 0) is 6.54 Å². The number of hydrogen-bond donors (Lipinski definition) is 0. The van der Waals surface area contributed by atoms with E-state index in [-0.39, 0.29) is 17.0 Å². The van der Waals surface area contributed by atoms with Crippen LogP contribution in [0, 0.1) is 0 Å². The highest BCUT2D eigenvalue weighted by atomic mass is 79.9. The summed E-state index contributed by atoms with van der Waals surface area (Å²) in [6, 6.07) is 14.7. The second-order valence-corrected chi connectivity index (χ2v) is 3.93. The molecule has 0 amide bonds. The summed E-state index contributed by atoms with van der Waals surface area (Å²) in [4.78, 5) is 0. The summed E-state index contributed by atoms with van der Waals surface area (Å²) >= 11 is 0. The number of nitrogens with zero attached hydrogens (tertiary/aromatic N) is 2. The molecule has 0 saturated heterocycles. The first-order chi connectivity index (χ1) is 7.92. The average Bonchev–Trinajstić information content (AvgIpc) is 2.77. The van der Waals surface area contributed by atoms with Gasteiger partial charge in [0.1, 0.15) is 0 Å². The van der Waals surface area contributed by atoms with Crippen LogP contribution >= 0.6 is 0 Å². The van der Waals surface area contributed by atoms with Gasteiger partial charge in [-0.25, -0.2) is 0 Å². The second kappa shape index (κ2) is 5.15. The van der Waals surface area contributed by atoms with Gasteiger partial charge in [0.05, 0.1) is 12.4 Å². The fraction of sp³-hybridized carbons (Fsp3) is 0.0714. The highest BCUT2D eigenvalue weighted by molar-refractivity contribution is 5.20. The third-order valence-corrected chi connectivity index (χ3v) is 2.74. The smallest absolute Gasteiger partial charge is 0.227 e. The number of rotatable bonds is 2. The molecule has 0 aromatic heterocycles. The van der Waals surface area contributed by atoms with Crippen molar-refractivity contribution < 1.29 is 21.5 Å². The molecule has 0 fully saturated rings.